The molecule has 0 unspecified atom stereocenters. The van der Waals surface area contributed by atoms with Gasteiger partial charge in [0.25, 0.3) is 0 Å². The third-order valence-corrected chi connectivity index (χ3v) is 4.39. The van der Waals surface area contributed by atoms with Crippen molar-refractivity contribution in [1.82, 2.24) is 9.78 Å². The summed E-state index contributed by atoms with van der Waals surface area (Å²) in [6, 6.07) is 8.07. The van der Waals surface area contributed by atoms with E-state index in [-0.39, 0.29) is 5.97 Å². The highest BCUT2D eigenvalue weighted by molar-refractivity contribution is 9.10. The van der Waals surface area contributed by atoms with Crippen molar-refractivity contribution in [3.05, 3.63) is 51.8 Å². The monoisotopic (exact) mass is 348 g/mol. The van der Waals surface area contributed by atoms with E-state index in [0.29, 0.717) is 24.6 Å². The number of hydrogen-bond acceptors (Lipinski definition) is 3. The van der Waals surface area contributed by atoms with Gasteiger partial charge in [-0.15, -0.1) is 0 Å². The van der Waals surface area contributed by atoms with Crippen LogP contribution in [0.15, 0.2) is 34.9 Å². The van der Waals surface area contributed by atoms with Gasteiger partial charge in [0.1, 0.15) is 5.56 Å². The van der Waals surface area contributed by atoms with Crippen molar-refractivity contribution >= 4 is 21.9 Å². The van der Waals surface area contributed by atoms with Gasteiger partial charge >= 0.3 is 5.97 Å². The number of carbonyl (C=O) groups is 1. The van der Waals surface area contributed by atoms with Crippen LogP contribution in [0, 0.1) is 0 Å². The molecular formula is C16H17BrN2O2. The van der Waals surface area contributed by atoms with Crippen molar-refractivity contribution in [2.75, 3.05) is 6.61 Å². The Bertz CT molecular complexity index is 662. The highest BCUT2D eigenvalue weighted by Gasteiger charge is 2.33. The Morgan fingerprint density at radius 3 is 2.86 bits per heavy atom. The molecule has 3 rings (SSSR count). The van der Waals surface area contributed by atoms with Gasteiger partial charge in [-0.25, -0.2) is 4.79 Å². The minimum absolute atomic E-state index is 0.266. The zero-order valence-electron chi connectivity index (χ0n) is 11.9. The van der Waals surface area contributed by atoms with E-state index in [1.54, 1.807) is 6.20 Å². The van der Waals surface area contributed by atoms with Crippen molar-refractivity contribution < 1.29 is 9.53 Å². The lowest BCUT2D eigenvalue weighted by molar-refractivity contribution is 0.0525. The first-order valence-corrected chi connectivity index (χ1v) is 7.96. The molecule has 1 heterocycles. The van der Waals surface area contributed by atoms with Crippen LogP contribution in [-0.2, 0) is 11.3 Å². The van der Waals surface area contributed by atoms with Crippen LogP contribution in [-0.4, -0.2) is 22.4 Å². The van der Waals surface area contributed by atoms with Gasteiger partial charge in [0.2, 0.25) is 0 Å². The quantitative estimate of drug-likeness (QED) is 0.773. The molecule has 0 aliphatic heterocycles. The standard InChI is InChI=1S/C16H17BrN2O2/c1-2-21-16(20)13-9-18-19(15(13)11-7-8-11)10-12-5-3-4-6-14(12)17/h3-6,9,11H,2,7-8,10H2,1H3. The smallest absolute Gasteiger partial charge is 0.341 e. The second kappa shape index (κ2) is 6.02. The summed E-state index contributed by atoms with van der Waals surface area (Å²) < 4.78 is 8.12. The number of benzene rings is 1. The highest BCUT2D eigenvalue weighted by atomic mass is 79.9. The zero-order chi connectivity index (χ0) is 14.8. The second-order valence-electron chi connectivity index (χ2n) is 5.19. The van der Waals surface area contributed by atoms with Crippen molar-refractivity contribution in [2.45, 2.75) is 32.2 Å². The molecule has 1 saturated carbocycles. The van der Waals surface area contributed by atoms with E-state index in [2.05, 4.69) is 27.1 Å². The van der Waals surface area contributed by atoms with Crippen LogP contribution in [0.5, 0.6) is 0 Å². The highest BCUT2D eigenvalue weighted by Crippen LogP contribution is 2.42. The number of rotatable bonds is 5. The van der Waals surface area contributed by atoms with Crippen LogP contribution in [0.2, 0.25) is 0 Å². The summed E-state index contributed by atoms with van der Waals surface area (Å²) in [5.41, 5.74) is 2.79. The Balaban J connectivity index is 1.92. The number of hydrogen-bond donors (Lipinski definition) is 0. The van der Waals surface area contributed by atoms with Gasteiger partial charge < -0.3 is 4.74 Å². The van der Waals surface area contributed by atoms with Crippen LogP contribution in [0.25, 0.3) is 0 Å². The minimum Gasteiger partial charge on any atom is -0.462 e. The van der Waals surface area contributed by atoms with Crippen molar-refractivity contribution in [3.8, 4) is 0 Å². The van der Waals surface area contributed by atoms with Gasteiger partial charge in [0, 0.05) is 10.4 Å². The summed E-state index contributed by atoms with van der Waals surface area (Å²) in [7, 11) is 0. The van der Waals surface area contributed by atoms with Gasteiger partial charge in [-0.2, -0.15) is 5.10 Å². The van der Waals surface area contributed by atoms with E-state index in [4.69, 9.17) is 4.74 Å². The van der Waals surface area contributed by atoms with E-state index < -0.39 is 0 Å². The van der Waals surface area contributed by atoms with E-state index >= 15 is 0 Å². The van der Waals surface area contributed by atoms with Crippen molar-refractivity contribution in [1.29, 1.82) is 0 Å². The van der Waals surface area contributed by atoms with Gasteiger partial charge in [-0.3, -0.25) is 4.68 Å². The van der Waals surface area contributed by atoms with Crippen molar-refractivity contribution in [2.24, 2.45) is 0 Å². The molecule has 1 aliphatic rings. The maximum absolute atomic E-state index is 12.0. The predicted molar refractivity (Wildman–Crippen MR) is 83.4 cm³/mol. The third kappa shape index (κ3) is 3.02. The molecule has 0 saturated heterocycles. The number of halogens is 1. The van der Waals surface area contributed by atoms with Crippen LogP contribution in [0.3, 0.4) is 0 Å². The Hall–Kier alpha value is -1.62. The van der Waals surface area contributed by atoms with Gasteiger partial charge in [-0.05, 0) is 31.4 Å². The van der Waals surface area contributed by atoms with Crippen LogP contribution in [0.1, 0.15) is 47.3 Å². The first-order chi connectivity index (χ1) is 10.2. The maximum Gasteiger partial charge on any atom is 0.341 e. The average molecular weight is 349 g/mol. The number of nitrogens with zero attached hydrogens (tertiary/aromatic N) is 2. The van der Waals surface area contributed by atoms with E-state index in [9.17, 15) is 4.79 Å². The number of ether oxygens (including phenoxy) is 1. The molecule has 0 spiro atoms. The molecule has 0 amide bonds. The Morgan fingerprint density at radius 2 is 2.19 bits per heavy atom. The van der Waals surface area contributed by atoms with Crippen molar-refractivity contribution in [3.63, 3.8) is 0 Å². The lowest BCUT2D eigenvalue weighted by Gasteiger charge is -2.10. The summed E-state index contributed by atoms with van der Waals surface area (Å²) in [5, 5.41) is 4.41. The summed E-state index contributed by atoms with van der Waals surface area (Å²) in [6.07, 6.45) is 3.88. The number of esters is 1. The minimum atomic E-state index is -0.266. The number of carbonyl (C=O) groups excluding carboxylic acids is 1. The topological polar surface area (TPSA) is 44.1 Å². The molecule has 0 N–H and O–H groups in total. The van der Waals surface area contributed by atoms with E-state index in [0.717, 1.165) is 28.6 Å². The normalized spacial score (nSPS) is 14.2. The zero-order valence-corrected chi connectivity index (χ0v) is 13.5. The predicted octanol–water partition coefficient (Wildman–Crippen LogP) is 3.75. The summed E-state index contributed by atoms with van der Waals surface area (Å²) in [4.78, 5) is 12.0. The Kier molecular flexibility index (Phi) is 4.10. The molecule has 0 bridgehead atoms. The fourth-order valence-corrected chi connectivity index (χ4v) is 2.87. The molecule has 1 aromatic carbocycles. The lowest BCUT2D eigenvalue weighted by Crippen LogP contribution is -2.11. The summed E-state index contributed by atoms with van der Waals surface area (Å²) in [6.45, 7) is 2.87. The third-order valence-electron chi connectivity index (χ3n) is 3.62. The Labute approximate surface area is 132 Å². The average Bonchev–Trinajstić information content (AvgIpc) is 3.22. The van der Waals surface area contributed by atoms with Gasteiger partial charge in [-0.1, -0.05) is 34.1 Å². The lowest BCUT2D eigenvalue weighted by atomic mass is 10.1. The molecular weight excluding hydrogens is 332 g/mol. The van der Waals surface area contributed by atoms with Crippen LogP contribution >= 0.6 is 15.9 Å². The van der Waals surface area contributed by atoms with Gasteiger partial charge in [0.05, 0.1) is 25.0 Å². The SMILES string of the molecule is CCOC(=O)c1cnn(Cc2ccccc2Br)c1C1CC1. The maximum atomic E-state index is 12.0. The summed E-state index contributed by atoms with van der Waals surface area (Å²) >= 11 is 3.56. The van der Waals surface area contributed by atoms with E-state index in [1.807, 2.05) is 29.8 Å². The molecule has 1 aliphatic carbocycles. The Morgan fingerprint density at radius 1 is 1.43 bits per heavy atom. The molecule has 0 radical (unpaired) electrons. The molecule has 1 fully saturated rings. The fraction of sp³-hybridized carbons (Fsp3) is 0.375. The molecule has 0 atom stereocenters. The van der Waals surface area contributed by atoms with Crippen LogP contribution in [0.4, 0.5) is 0 Å². The number of aromatic nitrogens is 2. The summed E-state index contributed by atoms with van der Waals surface area (Å²) in [5.74, 6) is 0.173. The molecule has 110 valence electrons. The molecule has 2 aromatic rings. The first-order valence-electron chi connectivity index (χ1n) is 7.17. The molecule has 5 heteroatoms. The molecule has 4 nitrogen and oxygen atoms in total. The molecule has 1 aromatic heterocycles. The fourth-order valence-electron chi connectivity index (χ4n) is 2.46. The largest absolute Gasteiger partial charge is 0.462 e. The van der Waals surface area contributed by atoms with Gasteiger partial charge in [0.15, 0.2) is 0 Å². The second-order valence-corrected chi connectivity index (χ2v) is 6.04. The van der Waals surface area contributed by atoms with Crippen LogP contribution < -0.4 is 0 Å². The van der Waals surface area contributed by atoms with E-state index in [1.165, 1.54) is 0 Å². The molecule has 21 heavy (non-hydrogen) atoms. The first kappa shape index (κ1) is 14.3.